The summed E-state index contributed by atoms with van der Waals surface area (Å²) in [7, 11) is 0. The van der Waals surface area contributed by atoms with Gasteiger partial charge in [-0.25, -0.2) is 5.48 Å². The zero-order chi connectivity index (χ0) is 11.2. The Balaban J connectivity index is 1.53. The minimum atomic E-state index is 0.0267. The molecule has 1 heterocycles. The summed E-state index contributed by atoms with van der Waals surface area (Å²) in [5.41, 5.74) is 2.58. The van der Waals surface area contributed by atoms with E-state index in [1.807, 2.05) is 0 Å². The number of rotatable bonds is 5. The van der Waals surface area contributed by atoms with Crippen LogP contribution in [0.3, 0.4) is 0 Å². The number of nitrogens with one attached hydrogen (secondary N) is 1. The molecule has 1 saturated carbocycles. The third kappa shape index (κ3) is 3.76. The van der Waals surface area contributed by atoms with Gasteiger partial charge in [0.2, 0.25) is 5.91 Å². The molecule has 2 fully saturated rings. The molecule has 16 heavy (non-hydrogen) atoms. The van der Waals surface area contributed by atoms with Crippen LogP contribution in [0.1, 0.15) is 44.9 Å². The monoisotopic (exact) mass is 226 g/mol. The van der Waals surface area contributed by atoms with Gasteiger partial charge in [0, 0.05) is 13.0 Å². The second kappa shape index (κ2) is 6.21. The molecule has 0 spiro atoms. The molecule has 0 aromatic carbocycles. The Labute approximate surface area is 97.3 Å². The predicted octanol–water partition coefficient (Wildman–Crippen LogP) is 1.46. The Kier molecular flexibility index (Phi) is 4.60. The summed E-state index contributed by atoms with van der Waals surface area (Å²) in [5, 5.41) is 0. The van der Waals surface area contributed by atoms with Gasteiger partial charge in [-0.3, -0.25) is 9.63 Å². The van der Waals surface area contributed by atoms with Crippen molar-refractivity contribution in [2.75, 3.05) is 19.6 Å². The van der Waals surface area contributed by atoms with Gasteiger partial charge < -0.3 is 4.90 Å². The minimum Gasteiger partial charge on any atom is -0.303 e. The average molecular weight is 226 g/mol. The summed E-state index contributed by atoms with van der Waals surface area (Å²) in [5.74, 6) is 0.0267. The van der Waals surface area contributed by atoms with E-state index in [1.165, 1.54) is 25.7 Å². The van der Waals surface area contributed by atoms with Crippen LogP contribution in [0.15, 0.2) is 0 Å². The fourth-order valence-electron chi connectivity index (χ4n) is 2.47. The number of hydrogen-bond donors (Lipinski definition) is 1. The van der Waals surface area contributed by atoms with E-state index in [4.69, 9.17) is 4.84 Å². The zero-order valence-electron chi connectivity index (χ0n) is 9.91. The molecule has 4 nitrogen and oxygen atoms in total. The molecule has 1 aliphatic heterocycles. The maximum Gasteiger partial charge on any atom is 0.244 e. The zero-order valence-corrected chi connectivity index (χ0v) is 9.91. The topological polar surface area (TPSA) is 41.6 Å². The van der Waals surface area contributed by atoms with Crippen LogP contribution in [-0.2, 0) is 9.63 Å². The van der Waals surface area contributed by atoms with E-state index in [2.05, 4.69) is 10.4 Å². The lowest BCUT2D eigenvalue weighted by Crippen LogP contribution is -2.31. The SMILES string of the molecule is O=C(CCN1CCCC1)NOC1CCCC1. The largest absolute Gasteiger partial charge is 0.303 e. The van der Waals surface area contributed by atoms with Gasteiger partial charge in [-0.15, -0.1) is 0 Å². The Morgan fingerprint density at radius 1 is 1.19 bits per heavy atom. The summed E-state index contributed by atoms with van der Waals surface area (Å²) in [6.45, 7) is 3.17. The van der Waals surface area contributed by atoms with Crippen molar-refractivity contribution in [1.82, 2.24) is 10.4 Å². The van der Waals surface area contributed by atoms with Gasteiger partial charge in [0.1, 0.15) is 0 Å². The Morgan fingerprint density at radius 2 is 1.88 bits per heavy atom. The van der Waals surface area contributed by atoms with Crippen LogP contribution in [0.25, 0.3) is 0 Å². The molecule has 0 aromatic heterocycles. The number of hydroxylamine groups is 1. The van der Waals surface area contributed by atoms with Gasteiger partial charge in [0.05, 0.1) is 6.10 Å². The summed E-state index contributed by atoms with van der Waals surface area (Å²) in [6.07, 6.45) is 8.02. The molecular formula is C12H22N2O2. The van der Waals surface area contributed by atoms with Gasteiger partial charge in [-0.1, -0.05) is 12.8 Å². The van der Waals surface area contributed by atoms with Crippen molar-refractivity contribution >= 4 is 5.91 Å². The first-order valence-corrected chi connectivity index (χ1v) is 6.51. The summed E-state index contributed by atoms with van der Waals surface area (Å²) in [4.78, 5) is 19.2. The number of likely N-dealkylation sites (tertiary alicyclic amines) is 1. The first-order chi connectivity index (χ1) is 7.84. The Morgan fingerprint density at radius 3 is 2.56 bits per heavy atom. The van der Waals surface area contributed by atoms with Crippen molar-refractivity contribution in [3.8, 4) is 0 Å². The molecule has 2 rings (SSSR count). The van der Waals surface area contributed by atoms with Crippen LogP contribution in [0.4, 0.5) is 0 Å². The molecule has 0 aromatic rings. The number of hydrogen-bond acceptors (Lipinski definition) is 3. The van der Waals surface area contributed by atoms with Gasteiger partial charge in [0.15, 0.2) is 0 Å². The summed E-state index contributed by atoms with van der Waals surface area (Å²) >= 11 is 0. The smallest absolute Gasteiger partial charge is 0.244 e. The molecule has 92 valence electrons. The maximum atomic E-state index is 11.5. The van der Waals surface area contributed by atoms with Crippen LogP contribution in [-0.4, -0.2) is 36.5 Å². The Bertz CT molecular complexity index is 199. The van der Waals surface area contributed by atoms with Crippen LogP contribution < -0.4 is 5.48 Å². The highest BCUT2D eigenvalue weighted by molar-refractivity contribution is 5.74. The third-order valence-corrected chi connectivity index (χ3v) is 3.50. The lowest BCUT2D eigenvalue weighted by molar-refractivity contribution is -0.138. The second-order valence-electron chi connectivity index (χ2n) is 4.85. The fourth-order valence-corrected chi connectivity index (χ4v) is 2.47. The molecule has 1 N–H and O–H groups in total. The Hall–Kier alpha value is -0.610. The molecular weight excluding hydrogens is 204 g/mol. The fraction of sp³-hybridized carbons (Fsp3) is 0.917. The van der Waals surface area contributed by atoms with Crippen LogP contribution >= 0.6 is 0 Å². The van der Waals surface area contributed by atoms with Gasteiger partial charge >= 0.3 is 0 Å². The van der Waals surface area contributed by atoms with E-state index in [-0.39, 0.29) is 12.0 Å². The van der Waals surface area contributed by atoms with Crippen LogP contribution in [0.2, 0.25) is 0 Å². The summed E-state index contributed by atoms with van der Waals surface area (Å²) in [6, 6.07) is 0. The lowest BCUT2D eigenvalue weighted by atomic mass is 10.3. The lowest BCUT2D eigenvalue weighted by Gasteiger charge is -2.15. The third-order valence-electron chi connectivity index (χ3n) is 3.50. The number of nitrogens with zero attached hydrogens (tertiary/aromatic N) is 1. The maximum absolute atomic E-state index is 11.5. The van der Waals surface area contributed by atoms with E-state index in [9.17, 15) is 4.79 Å². The average Bonchev–Trinajstić information content (AvgIpc) is 2.96. The number of carbonyl (C=O) groups excluding carboxylic acids is 1. The van der Waals surface area contributed by atoms with Crippen LogP contribution in [0.5, 0.6) is 0 Å². The molecule has 4 heteroatoms. The van der Waals surface area contributed by atoms with E-state index in [1.54, 1.807) is 0 Å². The van der Waals surface area contributed by atoms with Crippen molar-refractivity contribution < 1.29 is 9.63 Å². The number of carbonyl (C=O) groups is 1. The van der Waals surface area contributed by atoms with E-state index < -0.39 is 0 Å². The normalized spacial score (nSPS) is 22.8. The molecule has 2 aliphatic rings. The highest BCUT2D eigenvalue weighted by Gasteiger charge is 2.17. The molecule has 0 bridgehead atoms. The highest BCUT2D eigenvalue weighted by atomic mass is 16.7. The van der Waals surface area contributed by atoms with Crippen LogP contribution in [0, 0.1) is 0 Å². The van der Waals surface area contributed by atoms with Crippen molar-refractivity contribution in [3.05, 3.63) is 0 Å². The quantitative estimate of drug-likeness (QED) is 0.722. The first kappa shape index (κ1) is 11.9. The van der Waals surface area contributed by atoms with Gasteiger partial charge in [0.25, 0.3) is 0 Å². The predicted molar refractivity (Wildman–Crippen MR) is 61.8 cm³/mol. The first-order valence-electron chi connectivity index (χ1n) is 6.51. The van der Waals surface area contributed by atoms with E-state index in [0.717, 1.165) is 32.5 Å². The minimum absolute atomic E-state index is 0.0267. The van der Waals surface area contributed by atoms with E-state index in [0.29, 0.717) is 6.42 Å². The standard InChI is InChI=1S/C12H22N2O2/c15-12(7-10-14-8-3-4-9-14)13-16-11-5-1-2-6-11/h11H,1-10H2,(H,13,15). The molecule has 0 atom stereocenters. The second-order valence-corrected chi connectivity index (χ2v) is 4.85. The van der Waals surface area contributed by atoms with Crippen molar-refractivity contribution in [2.45, 2.75) is 51.0 Å². The van der Waals surface area contributed by atoms with Crippen molar-refractivity contribution in [3.63, 3.8) is 0 Å². The highest BCUT2D eigenvalue weighted by Crippen LogP contribution is 2.19. The number of amides is 1. The molecule has 1 saturated heterocycles. The molecule has 0 radical (unpaired) electrons. The van der Waals surface area contributed by atoms with Gasteiger partial charge in [-0.05, 0) is 38.8 Å². The van der Waals surface area contributed by atoms with Crippen molar-refractivity contribution in [1.29, 1.82) is 0 Å². The molecule has 0 unspecified atom stereocenters. The summed E-state index contributed by atoms with van der Waals surface area (Å²) < 4.78 is 0. The van der Waals surface area contributed by atoms with E-state index >= 15 is 0 Å². The molecule has 1 amide bonds. The van der Waals surface area contributed by atoms with Gasteiger partial charge in [-0.2, -0.15) is 0 Å². The molecule has 1 aliphatic carbocycles. The van der Waals surface area contributed by atoms with Crippen molar-refractivity contribution in [2.24, 2.45) is 0 Å².